The second-order valence-electron chi connectivity index (χ2n) is 6.28. The molecule has 2 heterocycles. The Morgan fingerprint density at radius 3 is 2.92 bits per heavy atom. The monoisotopic (exact) mass is 340 g/mol. The average molecular weight is 340 g/mol. The van der Waals surface area contributed by atoms with Crippen LogP contribution < -0.4 is 19.5 Å². The van der Waals surface area contributed by atoms with E-state index in [0.717, 1.165) is 29.0 Å². The van der Waals surface area contributed by atoms with Gasteiger partial charge in [-0.2, -0.15) is 0 Å². The van der Waals surface area contributed by atoms with Gasteiger partial charge in [-0.1, -0.05) is 6.07 Å². The number of pyridine rings is 1. The van der Waals surface area contributed by atoms with Crippen LogP contribution in [0, 0.1) is 5.92 Å². The van der Waals surface area contributed by atoms with Gasteiger partial charge in [0.05, 0.1) is 7.11 Å². The van der Waals surface area contributed by atoms with E-state index in [1.54, 1.807) is 13.3 Å². The van der Waals surface area contributed by atoms with Crippen LogP contribution in [0.5, 0.6) is 17.4 Å². The SMILES string of the molecule is COc1cc(CNC(=O)[C@@H]2C[C@@H]2c2ccc3c(c2)OCCO3)ccn1. The Morgan fingerprint density at radius 1 is 1.24 bits per heavy atom. The van der Waals surface area contributed by atoms with Crippen molar-refractivity contribution in [1.29, 1.82) is 0 Å². The highest BCUT2D eigenvalue weighted by molar-refractivity contribution is 5.83. The first-order valence-electron chi connectivity index (χ1n) is 8.41. The quantitative estimate of drug-likeness (QED) is 0.904. The highest BCUT2D eigenvalue weighted by atomic mass is 16.6. The minimum atomic E-state index is 0.0197. The van der Waals surface area contributed by atoms with Crippen LogP contribution in [-0.4, -0.2) is 31.2 Å². The fourth-order valence-corrected chi connectivity index (χ4v) is 3.14. The zero-order valence-corrected chi connectivity index (χ0v) is 14.0. The maximum Gasteiger partial charge on any atom is 0.224 e. The molecule has 0 spiro atoms. The van der Waals surface area contributed by atoms with Crippen LogP contribution in [0.15, 0.2) is 36.5 Å². The summed E-state index contributed by atoms with van der Waals surface area (Å²) in [5.74, 6) is 2.46. The highest BCUT2D eigenvalue weighted by Crippen LogP contribution is 2.49. The van der Waals surface area contributed by atoms with E-state index in [2.05, 4.69) is 10.3 Å². The largest absolute Gasteiger partial charge is 0.486 e. The zero-order chi connectivity index (χ0) is 17.2. The molecule has 1 aromatic carbocycles. The molecule has 1 aliphatic carbocycles. The molecule has 2 atom stereocenters. The predicted molar refractivity (Wildman–Crippen MR) is 90.9 cm³/mol. The number of rotatable bonds is 5. The van der Waals surface area contributed by atoms with Crippen LogP contribution in [0.3, 0.4) is 0 Å². The molecule has 0 bridgehead atoms. The molecule has 1 amide bonds. The number of benzene rings is 1. The third-order valence-corrected chi connectivity index (χ3v) is 4.60. The van der Waals surface area contributed by atoms with Crippen molar-refractivity contribution in [2.75, 3.05) is 20.3 Å². The molecule has 2 aliphatic rings. The van der Waals surface area contributed by atoms with Gasteiger partial charge in [0.2, 0.25) is 11.8 Å². The maximum atomic E-state index is 12.4. The lowest BCUT2D eigenvalue weighted by Gasteiger charge is -2.18. The van der Waals surface area contributed by atoms with Gasteiger partial charge in [0, 0.05) is 24.7 Å². The first kappa shape index (κ1) is 15.7. The van der Waals surface area contributed by atoms with Gasteiger partial charge in [0.15, 0.2) is 11.5 Å². The number of aromatic nitrogens is 1. The van der Waals surface area contributed by atoms with Gasteiger partial charge in [-0.3, -0.25) is 4.79 Å². The normalized spacial score (nSPS) is 20.7. The smallest absolute Gasteiger partial charge is 0.224 e. The molecule has 1 aromatic heterocycles. The lowest BCUT2D eigenvalue weighted by atomic mass is 10.1. The van der Waals surface area contributed by atoms with Crippen LogP contribution in [0.4, 0.5) is 0 Å². The molecular weight excluding hydrogens is 320 g/mol. The third kappa shape index (κ3) is 3.38. The van der Waals surface area contributed by atoms with E-state index in [9.17, 15) is 4.79 Å². The summed E-state index contributed by atoms with van der Waals surface area (Å²) in [6.45, 7) is 1.63. The first-order valence-corrected chi connectivity index (χ1v) is 8.41. The fourth-order valence-electron chi connectivity index (χ4n) is 3.14. The summed E-state index contributed by atoms with van der Waals surface area (Å²) in [4.78, 5) is 16.5. The number of carbonyl (C=O) groups excluding carboxylic acids is 1. The van der Waals surface area contributed by atoms with Crippen LogP contribution in [0.2, 0.25) is 0 Å². The van der Waals surface area contributed by atoms with Crippen LogP contribution in [-0.2, 0) is 11.3 Å². The molecule has 0 radical (unpaired) electrons. The molecule has 4 rings (SSSR count). The molecule has 25 heavy (non-hydrogen) atoms. The maximum absolute atomic E-state index is 12.4. The summed E-state index contributed by atoms with van der Waals surface area (Å²) >= 11 is 0. The highest BCUT2D eigenvalue weighted by Gasteiger charge is 2.44. The topological polar surface area (TPSA) is 69.7 Å². The molecule has 130 valence electrons. The van der Waals surface area contributed by atoms with Crippen molar-refractivity contribution in [1.82, 2.24) is 10.3 Å². The molecule has 1 N–H and O–H groups in total. The van der Waals surface area contributed by atoms with Gasteiger partial charge in [-0.05, 0) is 41.7 Å². The Hall–Kier alpha value is -2.76. The summed E-state index contributed by atoms with van der Waals surface area (Å²) in [6.07, 6.45) is 2.54. The standard InChI is InChI=1S/C19H20N2O4/c1-23-18-8-12(4-5-20-18)11-21-19(22)15-10-14(15)13-2-3-16-17(9-13)25-7-6-24-16/h2-5,8-9,14-15H,6-7,10-11H2,1H3,(H,21,22)/t14-,15-/m1/s1. The Balaban J connectivity index is 1.35. The number of carbonyl (C=O) groups is 1. The van der Waals surface area contributed by atoms with Gasteiger partial charge in [0.25, 0.3) is 0 Å². The minimum absolute atomic E-state index is 0.0197. The first-order chi connectivity index (χ1) is 12.2. The van der Waals surface area contributed by atoms with E-state index in [-0.39, 0.29) is 17.7 Å². The van der Waals surface area contributed by atoms with Crippen molar-refractivity contribution in [2.45, 2.75) is 18.9 Å². The summed E-state index contributed by atoms with van der Waals surface area (Å²) in [5.41, 5.74) is 2.10. The second kappa shape index (κ2) is 6.63. The van der Waals surface area contributed by atoms with Crippen molar-refractivity contribution in [3.05, 3.63) is 47.7 Å². The van der Waals surface area contributed by atoms with E-state index in [4.69, 9.17) is 14.2 Å². The summed E-state index contributed by atoms with van der Waals surface area (Å²) in [5, 5.41) is 3.00. The molecule has 0 saturated heterocycles. The van der Waals surface area contributed by atoms with Gasteiger partial charge < -0.3 is 19.5 Å². The van der Waals surface area contributed by atoms with Crippen LogP contribution in [0.1, 0.15) is 23.5 Å². The van der Waals surface area contributed by atoms with Crippen molar-refractivity contribution < 1.29 is 19.0 Å². The van der Waals surface area contributed by atoms with E-state index < -0.39 is 0 Å². The van der Waals surface area contributed by atoms with Gasteiger partial charge >= 0.3 is 0 Å². The van der Waals surface area contributed by atoms with Crippen molar-refractivity contribution in [3.63, 3.8) is 0 Å². The number of hydrogen-bond donors (Lipinski definition) is 1. The molecule has 2 aromatic rings. The molecule has 1 fully saturated rings. The average Bonchev–Trinajstić information content (AvgIpc) is 3.47. The summed E-state index contributed by atoms with van der Waals surface area (Å²) < 4.78 is 16.3. The predicted octanol–water partition coefficient (Wildman–Crippen LogP) is 2.28. The minimum Gasteiger partial charge on any atom is -0.486 e. The molecule has 0 unspecified atom stereocenters. The number of nitrogens with one attached hydrogen (secondary N) is 1. The number of fused-ring (bicyclic) bond motifs is 1. The Morgan fingerprint density at radius 2 is 2.08 bits per heavy atom. The number of ether oxygens (including phenoxy) is 3. The van der Waals surface area contributed by atoms with E-state index in [0.29, 0.717) is 25.6 Å². The lowest BCUT2D eigenvalue weighted by molar-refractivity contribution is -0.122. The lowest BCUT2D eigenvalue weighted by Crippen LogP contribution is -2.24. The van der Waals surface area contributed by atoms with Crippen molar-refractivity contribution >= 4 is 5.91 Å². The van der Waals surface area contributed by atoms with Crippen LogP contribution in [0.25, 0.3) is 0 Å². The summed E-state index contributed by atoms with van der Waals surface area (Å²) in [6, 6.07) is 9.65. The molecular formula is C19H20N2O4. The van der Waals surface area contributed by atoms with E-state index >= 15 is 0 Å². The Kier molecular flexibility index (Phi) is 4.17. The van der Waals surface area contributed by atoms with Gasteiger partial charge in [-0.15, -0.1) is 0 Å². The molecule has 6 nitrogen and oxygen atoms in total. The second-order valence-corrected chi connectivity index (χ2v) is 6.28. The third-order valence-electron chi connectivity index (χ3n) is 4.60. The van der Waals surface area contributed by atoms with Crippen molar-refractivity contribution in [2.24, 2.45) is 5.92 Å². The number of amides is 1. The molecule has 1 saturated carbocycles. The van der Waals surface area contributed by atoms with Gasteiger partial charge in [-0.25, -0.2) is 4.98 Å². The Labute approximate surface area is 146 Å². The summed E-state index contributed by atoms with van der Waals surface area (Å²) in [7, 11) is 1.58. The molecule has 6 heteroatoms. The Bertz CT molecular complexity index is 793. The van der Waals surface area contributed by atoms with Gasteiger partial charge in [0.1, 0.15) is 13.2 Å². The molecule has 1 aliphatic heterocycles. The van der Waals surface area contributed by atoms with Crippen LogP contribution >= 0.6 is 0 Å². The number of nitrogens with zero attached hydrogens (tertiary/aromatic N) is 1. The van der Waals surface area contributed by atoms with E-state index in [1.807, 2.05) is 30.3 Å². The fraction of sp³-hybridized carbons (Fsp3) is 0.368. The van der Waals surface area contributed by atoms with Crippen molar-refractivity contribution in [3.8, 4) is 17.4 Å². The number of hydrogen-bond acceptors (Lipinski definition) is 5. The van der Waals surface area contributed by atoms with E-state index in [1.165, 1.54) is 0 Å². The zero-order valence-electron chi connectivity index (χ0n) is 14.0. The number of methoxy groups -OCH3 is 1.